The van der Waals surface area contributed by atoms with Gasteiger partial charge >= 0.3 is 0 Å². The molecule has 0 amide bonds. The zero-order valence-electron chi connectivity index (χ0n) is 7.60. The highest BCUT2D eigenvalue weighted by Gasteiger charge is 2.13. The van der Waals surface area contributed by atoms with Crippen molar-refractivity contribution in [1.82, 2.24) is 10.3 Å². The van der Waals surface area contributed by atoms with Crippen LogP contribution in [0.4, 0.5) is 5.82 Å². The summed E-state index contributed by atoms with van der Waals surface area (Å²) in [6, 6.07) is 0. The van der Waals surface area contributed by atoms with Crippen molar-refractivity contribution in [2.45, 2.75) is 0 Å². The first-order valence-corrected chi connectivity index (χ1v) is 5.22. The lowest BCUT2D eigenvalue weighted by atomic mass is 10.4. The Balaban J connectivity index is 2.63. The Bertz CT molecular complexity index is 313. The summed E-state index contributed by atoms with van der Waals surface area (Å²) < 4.78 is 4.46. The maximum Gasteiger partial charge on any atom is 0.202 e. The lowest BCUT2D eigenvalue weighted by molar-refractivity contribution is 0.304. The van der Waals surface area contributed by atoms with E-state index in [2.05, 4.69) is 25.4 Å². The van der Waals surface area contributed by atoms with Crippen LogP contribution in [0.5, 0.6) is 0 Å². The zero-order chi connectivity index (χ0) is 10.4. The Morgan fingerprint density at radius 1 is 1.71 bits per heavy atom. The molecule has 0 aromatic carbocycles. The number of nitrogens with two attached hydrogens (primary N) is 1. The van der Waals surface area contributed by atoms with Gasteiger partial charge in [-0.3, -0.25) is 0 Å². The number of hydrogen-bond acceptors (Lipinski definition) is 7. The number of amidine groups is 1. The van der Waals surface area contributed by atoms with Gasteiger partial charge in [0.05, 0.1) is 0 Å². The fraction of sp³-hybridized carbons (Fsp3) is 0.500. The molecule has 0 unspecified atom stereocenters. The molecule has 1 aromatic rings. The van der Waals surface area contributed by atoms with E-state index in [1.165, 1.54) is 0 Å². The van der Waals surface area contributed by atoms with Gasteiger partial charge in [-0.15, -0.1) is 0 Å². The van der Waals surface area contributed by atoms with Crippen molar-refractivity contribution >= 4 is 23.4 Å². The molecular weight excluding hydrogens is 206 g/mol. The van der Waals surface area contributed by atoms with Crippen molar-refractivity contribution in [1.29, 1.82) is 0 Å². The molecule has 78 valence electrons. The average molecular weight is 217 g/mol. The second-order valence-corrected chi connectivity index (χ2v) is 3.35. The second-order valence-electron chi connectivity index (χ2n) is 2.37. The second kappa shape index (κ2) is 5.32. The number of hydrogen-bond donors (Lipinski definition) is 3. The third-order valence-electron chi connectivity index (χ3n) is 1.44. The number of aromatic nitrogens is 2. The first-order chi connectivity index (χ1) is 6.79. The lowest BCUT2D eigenvalue weighted by Gasteiger charge is -2.00. The molecule has 1 rings (SSSR count). The van der Waals surface area contributed by atoms with E-state index in [1.807, 2.05) is 6.26 Å². The topological polar surface area (TPSA) is 110 Å². The SMILES string of the molecule is CSCCNc1nonc1/C(N)=N\O. The van der Waals surface area contributed by atoms with E-state index < -0.39 is 0 Å². The van der Waals surface area contributed by atoms with Gasteiger partial charge in [-0.05, 0) is 16.6 Å². The number of oxime groups is 1. The van der Waals surface area contributed by atoms with Crippen LogP contribution in [-0.4, -0.2) is 39.9 Å². The van der Waals surface area contributed by atoms with Gasteiger partial charge in [0.1, 0.15) is 0 Å². The molecule has 0 spiro atoms. The molecule has 0 aliphatic heterocycles. The number of nitrogens with one attached hydrogen (secondary N) is 1. The van der Waals surface area contributed by atoms with Crippen molar-refractivity contribution in [3.05, 3.63) is 5.69 Å². The maximum atomic E-state index is 8.42. The molecule has 7 nitrogen and oxygen atoms in total. The van der Waals surface area contributed by atoms with Crippen molar-refractivity contribution in [3.8, 4) is 0 Å². The summed E-state index contributed by atoms with van der Waals surface area (Å²) in [5, 5.41) is 21.3. The Hall–Kier alpha value is -1.44. The highest BCUT2D eigenvalue weighted by Crippen LogP contribution is 2.08. The summed E-state index contributed by atoms with van der Waals surface area (Å²) in [6.07, 6.45) is 1.99. The Labute approximate surface area is 84.7 Å². The monoisotopic (exact) mass is 217 g/mol. The molecule has 1 heterocycles. The predicted molar refractivity (Wildman–Crippen MR) is 53.7 cm³/mol. The molecule has 0 atom stereocenters. The maximum absolute atomic E-state index is 8.42. The fourth-order valence-electron chi connectivity index (χ4n) is 0.791. The lowest BCUT2D eigenvalue weighted by Crippen LogP contribution is -2.17. The highest BCUT2D eigenvalue weighted by atomic mass is 32.2. The third kappa shape index (κ3) is 2.52. The van der Waals surface area contributed by atoms with Gasteiger partial charge in [0.2, 0.25) is 5.82 Å². The average Bonchev–Trinajstić information content (AvgIpc) is 2.65. The molecule has 1 aromatic heterocycles. The first kappa shape index (κ1) is 10.6. The van der Waals surface area contributed by atoms with Gasteiger partial charge in [0.25, 0.3) is 0 Å². The summed E-state index contributed by atoms with van der Waals surface area (Å²) in [4.78, 5) is 0. The van der Waals surface area contributed by atoms with Crippen molar-refractivity contribution in [3.63, 3.8) is 0 Å². The van der Waals surface area contributed by atoms with E-state index in [9.17, 15) is 0 Å². The van der Waals surface area contributed by atoms with Gasteiger partial charge in [0, 0.05) is 12.3 Å². The van der Waals surface area contributed by atoms with Crippen LogP contribution in [0.25, 0.3) is 0 Å². The normalized spacial score (nSPS) is 11.6. The Kier molecular flexibility index (Phi) is 4.05. The molecule has 0 bridgehead atoms. The summed E-state index contributed by atoms with van der Waals surface area (Å²) in [5.74, 6) is 1.18. The van der Waals surface area contributed by atoms with Gasteiger partial charge in [0.15, 0.2) is 11.5 Å². The van der Waals surface area contributed by atoms with Crippen LogP contribution in [0.2, 0.25) is 0 Å². The van der Waals surface area contributed by atoms with Crippen molar-refractivity contribution < 1.29 is 9.84 Å². The third-order valence-corrected chi connectivity index (χ3v) is 2.05. The summed E-state index contributed by atoms with van der Waals surface area (Å²) >= 11 is 1.69. The van der Waals surface area contributed by atoms with Gasteiger partial charge < -0.3 is 16.3 Å². The highest BCUT2D eigenvalue weighted by molar-refractivity contribution is 7.98. The minimum atomic E-state index is -0.127. The van der Waals surface area contributed by atoms with Crippen LogP contribution < -0.4 is 11.1 Å². The predicted octanol–water partition coefficient (Wildman–Crippen LogP) is -0.0610. The molecule has 4 N–H and O–H groups in total. The largest absolute Gasteiger partial charge is 0.409 e. The van der Waals surface area contributed by atoms with E-state index in [-0.39, 0.29) is 11.5 Å². The van der Waals surface area contributed by atoms with Crippen molar-refractivity contribution in [2.75, 3.05) is 23.9 Å². The van der Waals surface area contributed by atoms with Gasteiger partial charge in [-0.2, -0.15) is 11.8 Å². The summed E-state index contributed by atoms with van der Waals surface area (Å²) in [5.41, 5.74) is 5.55. The number of rotatable bonds is 5. The molecular formula is C6H11N5O2S. The van der Waals surface area contributed by atoms with Crippen LogP contribution in [0, 0.1) is 0 Å². The summed E-state index contributed by atoms with van der Waals surface area (Å²) in [7, 11) is 0. The van der Waals surface area contributed by atoms with Crippen LogP contribution >= 0.6 is 11.8 Å². The first-order valence-electron chi connectivity index (χ1n) is 3.83. The van der Waals surface area contributed by atoms with E-state index in [0.717, 1.165) is 5.75 Å². The minimum absolute atomic E-state index is 0.127. The molecule has 14 heavy (non-hydrogen) atoms. The van der Waals surface area contributed by atoms with Crippen molar-refractivity contribution in [2.24, 2.45) is 10.9 Å². The molecule has 0 aliphatic carbocycles. The van der Waals surface area contributed by atoms with E-state index >= 15 is 0 Å². The van der Waals surface area contributed by atoms with Crippen LogP contribution in [-0.2, 0) is 0 Å². The molecule has 8 heteroatoms. The standard InChI is InChI=1S/C6H11N5O2S/c1-14-3-2-8-6-4(5(7)9-12)10-13-11-6/h12H,2-3H2,1H3,(H2,7,9)(H,8,11). The molecule has 0 radical (unpaired) electrons. The number of thioether (sulfide) groups is 1. The fourth-order valence-corrected chi connectivity index (χ4v) is 1.10. The number of nitrogens with zero attached hydrogens (tertiary/aromatic N) is 3. The summed E-state index contributed by atoms with van der Waals surface area (Å²) in [6.45, 7) is 0.709. The molecule has 0 aliphatic rings. The number of anilines is 1. The van der Waals surface area contributed by atoms with Gasteiger partial charge in [-0.1, -0.05) is 5.16 Å². The molecule has 0 saturated heterocycles. The van der Waals surface area contributed by atoms with E-state index in [4.69, 9.17) is 10.9 Å². The van der Waals surface area contributed by atoms with Crippen LogP contribution in [0.15, 0.2) is 9.78 Å². The van der Waals surface area contributed by atoms with Crippen LogP contribution in [0.3, 0.4) is 0 Å². The minimum Gasteiger partial charge on any atom is -0.409 e. The molecule has 0 saturated carbocycles. The van der Waals surface area contributed by atoms with E-state index in [1.54, 1.807) is 11.8 Å². The van der Waals surface area contributed by atoms with Crippen LogP contribution in [0.1, 0.15) is 5.69 Å². The zero-order valence-corrected chi connectivity index (χ0v) is 8.41. The van der Waals surface area contributed by atoms with Gasteiger partial charge in [-0.25, -0.2) is 4.63 Å². The Morgan fingerprint density at radius 2 is 2.50 bits per heavy atom. The smallest absolute Gasteiger partial charge is 0.202 e. The molecule has 0 fully saturated rings. The quantitative estimate of drug-likeness (QED) is 0.208. The van der Waals surface area contributed by atoms with E-state index in [0.29, 0.717) is 12.4 Å². The Morgan fingerprint density at radius 3 is 3.14 bits per heavy atom.